The number of aromatic amines is 1. The van der Waals surface area contributed by atoms with Crippen LogP contribution < -0.4 is 4.74 Å². The number of aliphatic hydroxyl groups is 1. The van der Waals surface area contributed by atoms with E-state index in [2.05, 4.69) is 9.97 Å². The molecular weight excluding hydrogens is 204 g/mol. The van der Waals surface area contributed by atoms with Crippen LogP contribution in [0.4, 0.5) is 0 Å². The standard InChI is InChI=1S/C12H14N2O2/c1-16-9-5-4-8(6-15)10-11(9)14-12(13-10)7-2-3-7/h4-5,7,15H,2-3,6H2,1H3,(H,13,14). The van der Waals surface area contributed by atoms with Gasteiger partial charge >= 0.3 is 0 Å². The number of hydrogen-bond acceptors (Lipinski definition) is 3. The van der Waals surface area contributed by atoms with Gasteiger partial charge in [0.2, 0.25) is 0 Å². The fourth-order valence-electron chi connectivity index (χ4n) is 1.99. The topological polar surface area (TPSA) is 58.1 Å². The maximum Gasteiger partial charge on any atom is 0.144 e. The van der Waals surface area contributed by atoms with Gasteiger partial charge in [-0.25, -0.2) is 4.98 Å². The number of imidazole rings is 1. The lowest BCUT2D eigenvalue weighted by atomic mass is 10.2. The number of hydrogen-bond donors (Lipinski definition) is 2. The molecule has 0 aliphatic heterocycles. The highest BCUT2D eigenvalue weighted by Gasteiger charge is 2.27. The zero-order valence-electron chi connectivity index (χ0n) is 9.16. The molecule has 1 fully saturated rings. The van der Waals surface area contributed by atoms with Crippen molar-refractivity contribution in [1.29, 1.82) is 0 Å². The van der Waals surface area contributed by atoms with Crippen LogP contribution in [-0.4, -0.2) is 22.2 Å². The molecule has 0 unspecified atom stereocenters. The van der Waals surface area contributed by atoms with E-state index in [4.69, 9.17) is 4.74 Å². The molecule has 0 bridgehead atoms. The number of methoxy groups -OCH3 is 1. The Bertz CT molecular complexity index is 488. The van der Waals surface area contributed by atoms with Gasteiger partial charge in [-0.2, -0.15) is 0 Å². The summed E-state index contributed by atoms with van der Waals surface area (Å²) in [7, 11) is 1.64. The third-order valence-corrected chi connectivity index (χ3v) is 3.06. The molecule has 1 aromatic heterocycles. The Hall–Kier alpha value is -1.55. The quantitative estimate of drug-likeness (QED) is 0.827. The van der Waals surface area contributed by atoms with E-state index in [1.54, 1.807) is 7.11 Å². The molecule has 2 aromatic rings. The fraction of sp³-hybridized carbons (Fsp3) is 0.417. The van der Waals surface area contributed by atoms with Crippen LogP contribution in [0.25, 0.3) is 11.0 Å². The van der Waals surface area contributed by atoms with E-state index in [0.717, 1.165) is 28.2 Å². The van der Waals surface area contributed by atoms with E-state index in [1.807, 2.05) is 12.1 Å². The van der Waals surface area contributed by atoms with Crippen molar-refractivity contribution < 1.29 is 9.84 Å². The number of fused-ring (bicyclic) bond motifs is 1. The molecule has 1 saturated carbocycles. The zero-order chi connectivity index (χ0) is 11.1. The van der Waals surface area contributed by atoms with E-state index in [0.29, 0.717) is 5.92 Å². The Morgan fingerprint density at radius 1 is 1.50 bits per heavy atom. The Kier molecular flexibility index (Phi) is 2.11. The number of nitrogens with one attached hydrogen (secondary N) is 1. The molecule has 0 spiro atoms. The zero-order valence-corrected chi connectivity index (χ0v) is 9.16. The van der Waals surface area contributed by atoms with Crippen LogP contribution in [-0.2, 0) is 6.61 Å². The van der Waals surface area contributed by atoms with Crippen molar-refractivity contribution in [2.24, 2.45) is 0 Å². The highest BCUT2D eigenvalue weighted by Crippen LogP contribution is 2.40. The molecule has 4 heteroatoms. The van der Waals surface area contributed by atoms with Crippen molar-refractivity contribution in [2.45, 2.75) is 25.4 Å². The lowest BCUT2D eigenvalue weighted by Gasteiger charge is -2.03. The minimum absolute atomic E-state index is 0.00938. The van der Waals surface area contributed by atoms with Crippen LogP contribution in [0.3, 0.4) is 0 Å². The Balaban J connectivity index is 2.23. The van der Waals surface area contributed by atoms with Crippen LogP contribution in [0, 0.1) is 0 Å². The molecule has 0 amide bonds. The SMILES string of the molecule is COc1ccc(CO)c2nc(C3CC3)[nH]c12. The Labute approximate surface area is 93.3 Å². The summed E-state index contributed by atoms with van der Waals surface area (Å²) >= 11 is 0. The maximum atomic E-state index is 9.27. The van der Waals surface area contributed by atoms with E-state index in [9.17, 15) is 5.11 Å². The number of ether oxygens (including phenoxy) is 1. The summed E-state index contributed by atoms with van der Waals surface area (Å²) in [5, 5.41) is 9.27. The van der Waals surface area contributed by atoms with Gasteiger partial charge in [-0.15, -0.1) is 0 Å². The second-order valence-electron chi connectivity index (χ2n) is 4.20. The summed E-state index contributed by atoms with van der Waals surface area (Å²) in [6.45, 7) is 0.00938. The van der Waals surface area contributed by atoms with E-state index in [-0.39, 0.29) is 6.61 Å². The first kappa shape index (κ1) is 9.66. The predicted octanol–water partition coefficient (Wildman–Crippen LogP) is 1.94. The van der Waals surface area contributed by atoms with Gasteiger partial charge in [0, 0.05) is 11.5 Å². The Morgan fingerprint density at radius 3 is 2.94 bits per heavy atom. The van der Waals surface area contributed by atoms with Crippen molar-refractivity contribution >= 4 is 11.0 Å². The number of nitrogens with zero attached hydrogens (tertiary/aromatic N) is 1. The van der Waals surface area contributed by atoms with Crippen molar-refractivity contribution in [3.63, 3.8) is 0 Å². The second-order valence-corrected chi connectivity index (χ2v) is 4.20. The molecule has 84 valence electrons. The predicted molar refractivity (Wildman–Crippen MR) is 60.5 cm³/mol. The molecule has 0 atom stereocenters. The molecule has 0 radical (unpaired) electrons. The monoisotopic (exact) mass is 218 g/mol. The van der Waals surface area contributed by atoms with Crippen molar-refractivity contribution in [1.82, 2.24) is 9.97 Å². The number of benzene rings is 1. The fourth-order valence-corrected chi connectivity index (χ4v) is 1.99. The first-order valence-electron chi connectivity index (χ1n) is 5.50. The van der Waals surface area contributed by atoms with Crippen molar-refractivity contribution in [2.75, 3.05) is 7.11 Å². The third-order valence-electron chi connectivity index (χ3n) is 3.06. The van der Waals surface area contributed by atoms with E-state index >= 15 is 0 Å². The van der Waals surface area contributed by atoms with Crippen LogP contribution >= 0.6 is 0 Å². The van der Waals surface area contributed by atoms with Crippen molar-refractivity contribution in [3.8, 4) is 5.75 Å². The summed E-state index contributed by atoms with van der Waals surface area (Å²) in [6.07, 6.45) is 2.41. The van der Waals surface area contributed by atoms with Gasteiger partial charge in [-0.1, -0.05) is 6.07 Å². The summed E-state index contributed by atoms with van der Waals surface area (Å²) < 4.78 is 5.29. The normalized spacial score (nSPS) is 15.6. The maximum absolute atomic E-state index is 9.27. The third kappa shape index (κ3) is 1.38. The van der Waals surface area contributed by atoms with Gasteiger partial charge in [-0.3, -0.25) is 0 Å². The largest absolute Gasteiger partial charge is 0.494 e. The minimum atomic E-state index is 0.00938. The molecule has 3 rings (SSSR count). The first-order chi connectivity index (χ1) is 7.83. The lowest BCUT2D eigenvalue weighted by Crippen LogP contribution is -1.89. The second kappa shape index (κ2) is 3.49. The number of aliphatic hydroxyl groups excluding tert-OH is 1. The molecule has 1 heterocycles. The summed E-state index contributed by atoms with van der Waals surface area (Å²) in [6, 6.07) is 3.72. The summed E-state index contributed by atoms with van der Waals surface area (Å²) in [5.74, 6) is 2.38. The smallest absolute Gasteiger partial charge is 0.144 e. The van der Waals surface area contributed by atoms with E-state index < -0.39 is 0 Å². The van der Waals surface area contributed by atoms with Gasteiger partial charge in [0.05, 0.1) is 19.2 Å². The molecule has 1 aromatic carbocycles. The van der Waals surface area contributed by atoms with Gasteiger partial charge in [-0.05, 0) is 18.9 Å². The van der Waals surface area contributed by atoms with E-state index in [1.165, 1.54) is 12.8 Å². The molecule has 1 aliphatic carbocycles. The highest BCUT2D eigenvalue weighted by molar-refractivity contribution is 5.85. The average molecular weight is 218 g/mol. The van der Waals surface area contributed by atoms with Gasteiger partial charge < -0.3 is 14.8 Å². The summed E-state index contributed by atoms with van der Waals surface area (Å²) in [4.78, 5) is 7.86. The highest BCUT2D eigenvalue weighted by atomic mass is 16.5. The van der Waals surface area contributed by atoms with Crippen LogP contribution in [0.1, 0.15) is 30.1 Å². The number of aromatic nitrogens is 2. The Morgan fingerprint density at radius 2 is 2.31 bits per heavy atom. The molecule has 2 N–H and O–H groups in total. The average Bonchev–Trinajstić information content (AvgIpc) is 3.07. The summed E-state index contributed by atoms with van der Waals surface area (Å²) in [5.41, 5.74) is 2.58. The molecule has 4 nitrogen and oxygen atoms in total. The molecule has 1 aliphatic rings. The van der Waals surface area contributed by atoms with Crippen LogP contribution in [0.2, 0.25) is 0 Å². The van der Waals surface area contributed by atoms with Gasteiger partial charge in [0.15, 0.2) is 0 Å². The van der Waals surface area contributed by atoms with Crippen LogP contribution in [0.15, 0.2) is 12.1 Å². The van der Waals surface area contributed by atoms with Crippen molar-refractivity contribution in [3.05, 3.63) is 23.5 Å². The molecule has 0 saturated heterocycles. The number of H-pyrrole nitrogens is 1. The minimum Gasteiger partial charge on any atom is -0.494 e. The van der Waals surface area contributed by atoms with Gasteiger partial charge in [0.25, 0.3) is 0 Å². The lowest BCUT2D eigenvalue weighted by molar-refractivity contribution is 0.283. The van der Waals surface area contributed by atoms with Crippen LogP contribution in [0.5, 0.6) is 5.75 Å². The molecular formula is C12H14N2O2. The molecule has 16 heavy (non-hydrogen) atoms. The first-order valence-corrected chi connectivity index (χ1v) is 5.50. The van der Waals surface area contributed by atoms with Gasteiger partial charge in [0.1, 0.15) is 17.1 Å². The number of rotatable bonds is 3.